The molecule has 0 heterocycles. The van der Waals surface area contributed by atoms with Crippen LogP contribution in [0, 0.1) is 6.92 Å². The lowest BCUT2D eigenvalue weighted by Crippen LogP contribution is -2.17. The third kappa shape index (κ3) is 7.89. The first-order chi connectivity index (χ1) is 29.1. The molecule has 1 heteroatoms. The normalized spacial score (nSPS) is 15.0. The number of fused-ring (bicyclic) bond motifs is 3. The molecule has 7 aromatic rings. The van der Waals surface area contributed by atoms with E-state index in [4.69, 9.17) is 0 Å². The summed E-state index contributed by atoms with van der Waals surface area (Å²) in [5.41, 5.74) is 22.0. The molecule has 0 N–H and O–H groups in total. The van der Waals surface area contributed by atoms with Gasteiger partial charge in [-0.25, -0.2) is 0 Å². The summed E-state index contributed by atoms with van der Waals surface area (Å²) in [6, 6.07) is 58.1. The monoisotopic (exact) mass is 797 g/mol. The van der Waals surface area contributed by atoms with Gasteiger partial charge in [-0.1, -0.05) is 184 Å². The Morgan fingerprint density at radius 3 is 1.66 bits per heavy atom. The van der Waals surface area contributed by atoms with Crippen LogP contribution < -0.4 is 4.90 Å². The maximum atomic E-state index is 2.45. The fourth-order valence-electron chi connectivity index (χ4n) is 10.1. The molecule has 0 aliphatic heterocycles. The zero-order valence-electron chi connectivity index (χ0n) is 38.0. The van der Waals surface area contributed by atoms with E-state index in [1.54, 1.807) is 0 Å². The third-order valence-electron chi connectivity index (χ3n) is 13.9. The second-order valence-electron chi connectivity index (χ2n) is 20.6. The van der Waals surface area contributed by atoms with Crippen LogP contribution in [-0.2, 0) is 16.2 Å². The van der Waals surface area contributed by atoms with Crippen molar-refractivity contribution in [3.8, 4) is 44.5 Å². The number of anilines is 3. The summed E-state index contributed by atoms with van der Waals surface area (Å²) >= 11 is 0. The van der Waals surface area contributed by atoms with Gasteiger partial charge < -0.3 is 4.90 Å². The maximum absolute atomic E-state index is 2.45. The second kappa shape index (κ2) is 15.7. The van der Waals surface area contributed by atoms with E-state index >= 15 is 0 Å². The molecule has 1 saturated carbocycles. The smallest absolute Gasteiger partial charge is 0.0465 e. The van der Waals surface area contributed by atoms with Gasteiger partial charge in [0, 0.05) is 22.5 Å². The van der Waals surface area contributed by atoms with Crippen LogP contribution in [0.2, 0.25) is 0 Å². The van der Waals surface area contributed by atoms with Crippen molar-refractivity contribution < 1.29 is 0 Å². The van der Waals surface area contributed by atoms with E-state index in [0.29, 0.717) is 0 Å². The fraction of sp³-hybridized carbons (Fsp3) is 0.300. The van der Waals surface area contributed by atoms with Gasteiger partial charge in [0.2, 0.25) is 0 Å². The molecule has 61 heavy (non-hydrogen) atoms. The highest BCUT2D eigenvalue weighted by atomic mass is 15.1. The van der Waals surface area contributed by atoms with Crippen molar-refractivity contribution in [3.63, 3.8) is 0 Å². The molecule has 1 fully saturated rings. The Morgan fingerprint density at radius 2 is 1.00 bits per heavy atom. The summed E-state index contributed by atoms with van der Waals surface area (Å²) in [7, 11) is 0. The Kier molecular flexibility index (Phi) is 10.5. The number of hydrogen-bond acceptors (Lipinski definition) is 1. The van der Waals surface area contributed by atoms with Crippen molar-refractivity contribution in [3.05, 3.63) is 185 Å². The van der Waals surface area contributed by atoms with Crippen LogP contribution in [0.5, 0.6) is 0 Å². The molecule has 0 spiro atoms. The number of rotatable bonds is 7. The van der Waals surface area contributed by atoms with Crippen LogP contribution >= 0.6 is 0 Å². The molecule has 0 atom stereocenters. The molecule has 2 aliphatic carbocycles. The summed E-state index contributed by atoms with van der Waals surface area (Å²) in [5.74, 6) is 0.722. The molecule has 7 aromatic carbocycles. The zero-order valence-corrected chi connectivity index (χ0v) is 38.0. The molecule has 0 aromatic heterocycles. The van der Waals surface area contributed by atoms with Crippen molar-refractivity contribution in [2.45, 2.75) is 117 Å². The molecule has 0 bridgehead atoms. The van der Waals surface area contributed by atoms with E-state index in [2.05, 4.69) is 219 Å². The quantitative estimate of drug-likeness (QED) is 0.155. The van der Waals surface area contributed by atoms with Crippen molar-refractivity contribution in [1.82, 2.24) is 0 Å². The van der Waals surface area contributed by atoms with Crippen LogP contribution in [0.1, 0.15) is 127 Å². The van der Waals surface area contributed by atoms with Gasteiger partial charge in [-0.3, -0.25) is 0 Å². The Hall–Kier alpha value is -5.66. The number of aryl methyl sites for hydroxylation is 1. The SMILES string of the molecule is Cc1cc(N(c2ccc(-c3cc(C(C)(C)C)cc(C(C)(C)C)c3)cc2)c2ccc3c(c2)C(C)(C)c2ccccc2-3)ccc1-c1cccc(-c2ccc(C3CCCCC3)cc2)c1. The van der Waals surface area contributed by atoms with E-state index in [1.807, 2.05) is 0 Å². The van der Waals surface area contributed by atoms with E-state index in [9.17, 15) is 0 Å². The van der Waals surface area contributed by atoms with Crippen molar-refractivity contribution in [1.29, 1.82) is 0 Å². The predicted molar refractivity (Wildman–Crippen MR) is 263 cm³/mol. The maximum Gasteiger partial charge on any atom is 0.0465 e. The lowest BCUT2D eigenvalue weighted by Gasteiger charge is -2.29. The highest BCUT2D eigenvalue weighted by Gasteiger charge is 2.36. The Bertz CT molecular complexity index is 2670. The van der Waals surface area contributed by atoms with E-state index in [0.717, 1.165) is 17.3 Å². The Balaban J connectivity index is 1.10. The van der Waals surface area contributed by atoms with Crippen LogP contribution in [-0.4, -0.2) is 0 Å². The first-order valence-electron chi connectivity index (χ1n) is 22.8. The van der Waals surface area contributed by atoms with E-state index < -0.39 is 0 Å². The summed E-state index contributed by atoms with van der Waals surface area (Å²) < 4.78 is 0. The zero-order chi connectivity index (χ0) is 42.7. The minimum atomic E-state index is -0.0960. The van der Waals surface area contributed by atoms with Gasteiger partial charge in [0.15, 0.2) is 0 Å². The minimum absolute atomic E-state index is 0.0544. The first kappa shape index (κ1) is 40.7. The number of nitrogens with zero attached hydrogens (tertiary/aromatic N) is 1. The number of hydrogen-bond donors (Lipinski definition) is 0. The largest absolute Gasteiger partial charge is 0.310 e. The van der Waals surface area contributed by atoms with Gasteiger partial charge >= 0.3 is 0 Å². The summed E-state index contributed by atoms with van der Waals surface area (Å²) in [6.07, 6.45) is 6.78. The van der Waals surface area contributed by atoms with Crippen LogP contribution in [0.15, 0.2) is 152 Å². The topological polar surface area (TPSA) is 3.24 Å². The standard InChI is InChI=1S/C60H63N/c1-40-34-51(30-32-53(40)46-19-15-18-45(35-46)43-24-22-42(23-25-43)41-16-11-10-12-17-41)61(52-31-33-55-54-20-13-14-21-56(54)60(8,9)57(55)39-52)50-28-26-44(27-29-50)47-36-48(58(2,3)4)38-49(37-47)59(5,6)7/h13-15,18-39,41H,10-12,16-17H2,1-9H3. The Labute approximate surface area is 366 Å². The molecule has 1 nitrogen and oxygen atoms in total. The molecular weight excluding hydrogens is 735 g/mol. The molecule has 0 saturated heterocycles. The molecule has 9 rings (SSSR count). The van der Waals surface area contributed by atoms with Crippen molar-refractivity contribution in [2.75, 3.05) is 4.90 Å². The van der Waals surface area contributed by atoms with Gasteiger partial charge in [-0.05, 0) is 157 Å². The predicted octanol–water partition coefficient (Wildman–Crippen LogP) is 17.4. The van der Waals surface area contributed by atoms with Gasteiger partial charge in [0.1, 0.15) is 0 Å². The van der Waals surface area contributed by atoms with Crippen molar-refractivity contribution in [2.24, 2.45) is 0 Å². The highest BCUT2D eigenvalue weighted by Crippen LogP contribution is 2.51. The van der Waals surface area contributed by atoms with Gasteiger partial charge in [0.05, 0.1) is 0 Å². The molecule has 0 amide bonds. The fourth-order valence-corrected chi connectivity index (χ4v) is 10.1. The van der Waals surface area contributed by atoms with Gasteiger partial charge in [0.25, 0.3) is 0 Å². The highest BCUT2D eigenvalue weighted by molar-refractivity contribution is 5.87. The van der Waals surface area contributed by atoms with E-state index in [1.165, 1.54) is 116 Å². The summed E-state index contributed by atoms with van der Waals surface area (Å²) in [6.45, 7) is 20.9. The molecule has 0 unspecified atom stereocenters. The third-order valence-corrected chi connectivity index (χ3v) is 13.9. The molecule has 2 aliphatic rings. The van der Waals surface area contributed by atoms with Gasteiger partial charge in [-0.2, -0.15) is 0 Å². The van der Waals surface area contributed by atoms with Crippen LogP contribution in [0.25, 0.3) is 44.5 Å². The molecular formula is C60H63N. The van der Waals surface area contributed by atoms with Crippen LogP contribution in [0.4, 0.5) is 17.1 Å². The van der Waals surface area contributed by atoms with Gasteiger partial charge in [-0.15, -0.1) is 0 Å². The summed E-state index contributed by atoms with van der Waals surface area (Å²) in [5, 5.41) is 0. The Morgan fingerprint density at radius 1 is 0.443 bits per heavy atom. The lowest BCUT2D eigenvalue weighted by molar-refractivity contribution is 0.443. The first-order valence-corrected chi connectivity index (χ1v) is 22.8. The average Bonchev–Trinajstić information content (AvgIpc) is 3.49. The second-order valence-corrected chi connectivity index (χ2v) is 20.6. The molecule has 0 radical (unpaired) electrons. The minimum Gasteiger partial charge on any atom is -0.310 e. The van der Waals surface area contributed by atoms with Crippen molar-refractivity contribution >= 4 is 17.1 Å². The van der Waals surface area contributed by atoms with E-state index in [-0.39, 0.29) is 16.2 Å². The van der Waals surface area contributed by atoms with Crippen LogP contribution in [0.3, 0.4) is 0 Å². The average molecular weight is 798 g/mol. The molecule has 308 valence electrons. The summed E-state index contributed by atoms with van der Waals surface area (Å²) in [4.78, 5) is 2.45. The lowest BCUT2D eigenvalue weighted by atomic mass is 9.79. The number of benzene rings is 7.